The Morgan fingerprint density at radius 3 is 2.54 bits per heavy atom. The second-order valence-corrected chi connectivity index (χ2v) is 6.13. The number of hydrogen-bond acceptors (Lipinski definition) is 6. The van der Waals surface area contributed by atoms with Crippen LogP contribution in [0.4, 0.5) is 0 Å². The summed E-state index contributed by atoms with van der Waals surface area (Å²) in [5.41, 5.74) is 3.31. The van der Waals surface area contributed by atoms with E-state index in [-0.39, 0.29) is 5.56 Å². The minimum absolute atomic E-state index is 0.285. The molecule has 6 nitrogen and oxygen atoms in total. The van der Waals surface area contributed by atoms with Crippen molar-refractivity contribution in [3.63, 3.8) is 0 Å². The maximum atomic E-state index is 11.1. The lowest BCUT2D eigenvalue weighted by molar-refractivity contribution is 0.108. The molecule has 0 aliphatic heterocycles. The minimum Gasteiger partial charge on any atom is -0.339 e. The minimum atomic E-state index is -0.563. The number of hydrogen-bond donors (Lipinski definition) is 0. The predicted molar refractivity (Wildman–Crippen MR) is 87.7 cm³/mol. The molecule has 1 fully saturated rings. The first-order valence-corrected chi connectivity index (χ1v) is 7.96. The molecule has 3 aromatic rings. The average molecular weight is 341 g/mol. The van der Waals surface area contributed by atoms with Crippen LogP contribution in [0.15, 0.2) is 35.1 Å². The standard InChI is InChI=1S/C17H13ClN4O2/c1-9-21-16(22-24-9)11-4-5-13(14(6-11)10-2-3-10)17-19-7-12(8-20-17)15(18)23/h4-8,10H,2-3H2,1H3. The van der Waals surface area contributed by atoms with Gasteiger partial charge in [0.1, 0.15) is 0 Å². The summed E-state index contributed by atoms with van der Waals surface area (Å²) in [6.07, 6.45) is 5.18. The zero-order valence-corrected chi connectivity index (χ0v) is 13.6. The van der Waals surface area contributed by atoms with Crippen molar-refractivity contribution in [3.8, 4) is 22.8 Å². The Morgan fingerprint density at radius 2 is 1.96 bits per heavy atom. The fraction of sp³-hybridized carbons (Fsp3) is 0.235. The maximum Gasteiger partial charge on any atom is 0.255 e. The number of aryl methyl sites for hydroxylation is 1. The van der Waals surface area contributed by atoms with Gasteiger partial charge in [0.15, 0.2) is 5.82 Å². The van der Waals surface area contributed by atoms with E-state index in [2.05, 4.69) is 26.2 Å². The fourth-order valence-corrected chi connectivity index (χ4v) is 2.72. The molecule has 0 N–H and O–H groups in total. The van der Waals surface area contributed by atoms with Crippen molar-refractivity contribution >= 4 is 16.8 Å². The SMILES string of the molecule is Cc1nc(-c2ccc(-c3ncc(C(=O)Cl)cn3)c(C3CC3)c2)no1. The number of carbonyl (C=O) groups excluding carboxylic acids is 1. The Hall–Kier alpha value is -2.60. The molecule has 0 amide bonds. The Balaban J connectivity index is 1.76. The van der Waals surface area contributed by atoms with Crippen LogP contribution >= 0.6 is 11.6 Å². The molecule has 0 atom stereocenters. The van der Waals surface area contributed by atoms with Crippen LogP contribution in [-0.4, -0.2) is 25.4 Å². The lowest BCUT2D eigenvalue weighted by Gasteiger charge is -2.09. The quantitative estimate of drug-likeness (QED) is 0.672. The van der Waals surface area contributed by atoms with Gasteiger partial charge in [-0.25, -0.2) is 9.97 Å². The van der Waals surface area contributed by atoms with Crippen molar-refractivity contribution in [2.24, 2.45) is 0 Å². The molecular weight excluding hydrogens is 328 g/mol. The maximum absolute atomic E-state index is 11.1. The zero-order chi connectivity index (χ0) is 16.7. The van der Waals surface area contributed by atoms with E-state index in [0.29, 0.717) is 23.5 Å². The number of rotatable bonds is 4. The molecule has 0 bridgehead atoms. The monoisotopic (exact) mass is 340 g/mol. The van der Waals surface area contributed by atoms with E-state index in [1.54, 1.807) is 6.92 Å². The van der Waals surface area contributed by atoms with Gasteiger partial charge in [-0.3, -0.25) is 4.79 Å². The highest BCUT2D eigenvalue weighted by Gasteiger charge is 2.28. The predicted octanol–water partition coefficient (Wildman–Crippen LogP) is 3.76. The highest BCUT2D eigenvalue weighted by molar-refractivity contribution is 6.67. The summed E-state index contributed by atoms with van der Waals surface area (Å²) in [4.78, 5) is 24.0. The van der Waals surface area contributed by atoms with E-state index >= 15 is 0 Å². The van der Waals surface area contributed by atoms with Gasteiger partial charge >= 0.3 is 0 Å². The van der Waals surface area contributed by atoms with Crippen molar-refractivity contribution in [1.82, 2.24) is 20.1 Å². The molecule has 1 saturated carbocycles. The third-order valence-corrected chi connectivity index (χ3v) is 4.19. The molecule has 120 valence electrons. The molecule has 2 aromatic heterocycles. The lowest BCUT2D eigenvalue weighted by atomic mass is 9.99. The van der Waals surface area contributed by atoms with Crippen molar-refractivity contribution in [1.29, 1.82) is 0 Å². The smallest absolute Gasteiger partial charge is 0.255 e. The Labute approximate surface area is 142 Å². The van der Waals surface area contributed by atoms with Gasteiger partial charge in [-0.15, -0.1) is 0 Å². The van der Waals surface area contributed by atoms with Gasteiger partial charge in [-0.05, 0) is 42.0 Å². The number of nitrogens with zero attached hydrogens (tertiary/aromatic N) is 4. The van der Waals surface area contributed by atoms with Gasteiger partial charge in [0.2, 0.25) is 11.7 Å². The number of carbonyl (C=O) groups is 1. The van der Waals surface area contributed by atoms with Gasteiger partial charge in [0, 0.05) is 30.4 Å². The van der Waals surface area contributed by atoms with Crippen LogP contribution in [-0.2, 0) is 0 Å². The molecule has 1 aliphatic carbocycles. The molecule has 4 rings (SSSR count). The zero-order valence-electron chi connectivity index (χ0n) is 12.9. The largest absolute Gasteiger partial charge is 0.339 e. The van der Waals surface area contributed by atoms with Crippen LogP contribution < -0.4 is 0 Å². The van der Waals surface area contributed by atoms with Crippen LogP contribution in [0, 0.1) is 6.92 Å². The summed E-state index contributed by atoms with van der Waals surface area (Å²) in [5, 5.41) is 3.41. The summed E-state index contributed by atoms with van der Waals surface area (Å²) in [7, 11) is 0. The van der Waals surface area contributed by atoms with Crippen LogP contribution in [0.2, 0.25) is 0 Å². The van der Waals surface area contributed by atoms with Gasteiger partial charge in [0.05, 0.1) is 5.56 Å². The number of halogens is 1. The van der Waals surface area contributed by atoms with E-state index in [1.807, 2.05) is 12.1 Å². The normalized spacial score (nSPS) is 13.9. The number of aromatic nitrogens is 4. The van der Waals surface area contributed by atoms with Gasteiger partial charge < -0.3 is 4.52 Å². The summed E-state index contributed by atoms with van der Waals surface area (Å²) >= 11 is 5.44. The van der Waals surface area contributed by atoms with Crippen molar-refractivity contribution in [3.05, 3.63) is 47.6 Å². The van der Waals surface area contributed by atoms with E-state index in [0.717, 1.165) is 24.0 Å². The van der Waals surface area contributed by atoms with E-state index in [4.69, 9.17) is 16.1 Å². The molecule has 1 aromatic carbocycles. The van der Waals surface area contributed by atoms with Gasteiger partial charge in [-0.1, -0.05) is 17.3 Å². The van der Waals surface area contributed by atoms with Crippen molar-refractivity contribution < 1.29 is 9.32 Å². The summed E-state index contributed by atoms with van der Waals surface area (Å²) in [6.45, 7) is 1.76. The Kier molecular flexibility index (Phi) is 3.61. The molecular formula is C17H13ClN4O2. The van der Waals surface area contributed by atoms with Crippen molar-refractivity contribution in [2.75, 3.05) is 0 Å². The van der Waals surface area contributed by atoms with E-state index < -0.39 is 5.24 Å². The first-order valence-electron chi connectivity index (χ1n) is 7.58. The first-order chi connectivity index (χ1) is 11.6. The Morgan fingerprint density at radius 1 is 1.21 bits per heavy atom. The lowest BCUT2D eigenvalue weighted by Crippen LogP contribution is -1.98. The third kappa shape index (κ3) is 2.80. The number of benzene rings is 1. The highest BCUT2D eigenvalue weighted by Crippen LogP contribution is 2.45. The van der Waals surface area contributed by atoms with Crippen LogP contribution in [0.3, 0.4) is 0 Å². The molecule has 0 spiro atoms. The fourth-order valence-electron chi connectivity index (χ4n) is 2.62. The van der Waals surface area contributed by atoms with Crippen LogP contribution in [0.5, 0.6) is 0 Å². The molecule has 2 heterocycles. The topological polar surface area (TPSA) is 81.8 Å². The molecule has 0 saturated heterocycles. The molecule has 7 heteroatoms. The van der Waals surface area contributed by atoms with Crippen molar-refractivity contribution in [2.45, 2.75) is 25.7 Å². The van der Waals surface area contributed by atoms with Crippen LogP contribution in [0.1, 0.15) is 40.6 Å². The summed E-state index contributed by atoms with van der Waals surface area (Å²) in [5.74, 6) is 2.18. The summed E-state index contributed by atoms with van der Waals surface area (Å²) in [6, 6.07) is 5.96. The second-order valence-electron chi connectivity index (χ2n) is 5.78. The average Bonchev–Trinajstić information content (AvgIpc) is 3.35. The van der Waals surface area contributed by atoms with Gasteiger partial charge in [0.25, 0.3) is 5.24 Å². The van der Waals surface area contributed by atoms with Crippen LogP contribution in [0.25, 0.3) is 22.8 Å². The molecule has 1 aliphatic rings. The molecule has 0 radical (unpaired) electrons. The first kappa shape index (κ1) is 15.0. The van der Waals surface area contributed by atoms with E-state index in [1.165, 1.54) is 18.0 Å². The Bertz CT molecular complexity index is 917. The highest BCUT2D eigenvalue weighted by atomic mass is 35.5. The van der Waals surface area contributed by atoms with Gasteiger partial charge in [-0.2, -0.15) is 4.98 Å². The second kappa shape index (κ2) is 5.79. The molecule has 0 unspecified atom stereocenters. The van der Waals surface area contributed by atoms with E-state index in [9.17, 15) is 4.79 Å². The third-order valence-electron chi connectivity index (χ3n) is 3.97. The molecule has 24 heavy (non-hydrogen) atoms. The summed E-state index contributed by atoms with van der Waals surface area (Å²) < 4.78 is 5.06.